The Morgan fingerprint density at radius 2 is 0.580 bits per heavy atom. The summed E-state index contributed by atoms with van der Waals surface area (Å²) in [5.74, 6) is -2.41. The molecule has 0 saturated carbocycles. The van der Waals surface area contributed by atoms with Crippen LogP contribution in [0, 0.1) is 0 Å². The van der Waals surface area contributed by atoms with Crippen LogP contribution in [0.3, 0.4) is 0 Å². The van der Waals surface area contributed by atoms with E-state index in [1.807, 2.05) is 0 Å². The first kappa shape index (κ1) is 47.9. The Labute approximate surface area is 294 Å². The van der Waals surface area contributed by atoms with Gasteiger partial charge in [0.25, 0.3) is 0 Å². The molecule has 0 saturated heterocycles. The number of carboxylic acids is 2. The molecule has 3 N–H and O–H groups in total. The maximum Gasteiger partial charge on any atom is 0.329 e. The fourth-order valence-electron chi connectivity index (χ4n) is 3.23. The van der Waals surface area contributed by atoms with Crippen molar-refractivity contribution in [1.82, 2.24) is 5.32 Å². The van der Waals surface area contributed by atoms with Crippen molar-refractivity contribution in [3.8, 4) is 0 Å². The second kappa shape index (κ2) is 41.3. The van der Waals surface area contributed by atoms with Gasteiger partial charge in [-0.05, 0) is 0 Å². The molecule has 296 valence electrons. The highest BCUT2D eigenvalue weighted by molar-refractivity contribution is 5.77. The smallest absolute Gasteiger partial charge is 0.329 e. The van der Waals surface area contributed by atoms with Crippen molar-refractivity contribution in [3.63, 3.8) is 0 Å². The Kier molecular flexibility index (Phi) is 39.6. The van der Waals surface area contributed by atoms with Gasteiger partial charge in [-0.15, -0.1) is 0 Å². The SMILES string of the molecule is O=C(O)CCOCCOCCOCCOCCOCCOCCOCCOCCOCCOCCOCCOCCNC(=O)COCC(=O)O. The van der Waals surface area contributed by atoms with E-state index in [1.54, 1.807) is 0 Å². The Hall–Kier alpha value is -2.11. The number of nitrogens with one attached hydrogen (secondary N) is 1. The summed E-state index contributed by atoms with van der Waals surface area (Å²) in [5, 5.41) is 19.5. The summed E-state index contributed by atoms with van der Waals surface area (Å²) in [6, 6.07) is 0. The van der Waals surface area contributed by atoms with E-state index in [0.717, 1.165) is 0 Å². The Morgan fingerprint density at radius 3 is 0.840 bits per heavy atom. The normalized spacial score (nSPS) is 11.3. The van der Waals surface area contributed by atoms with Gasteiger partial charge < -0.3 is 77.1 Å². The number of amides is 1. The van der Waals surface area contributed by atoms with Crippen LogP contribution in [0.5, 0.6) is 0 Å². The molecule has 0 aromatic carbocycles. The van der Waals surface area contributed by atoms with Gasteiger partial charge in [-0.2, -0.15) is 0 Å². The quantitative estimate of drug-likeness (QED) is 0.0631. The highest BCUT2D eigenvalue weighted by Gasteiger charge is 2.03. The van der Waals surface area contributed by atoms with E-state index >= 15 is 0 Å². The van der Waals surface area contributed by atoms with Crippen LogP contribution in [0.15, 0.2) is 0 Å². The van der Waals surface area contributed by atoms with Gasteiger partial charge in [-0.25, -0.2) is 4.79 Å². The minimum Gasteiger partial charge on any atom is -0.481 e. The number of rotatable bonds is 43. The lowest BCUT2D eigenvalue weighted by atomic mass is 10.5. The fraction of sp³-hybridized carbons (Fsp3) is 0.903. The van der Waals surface area contributed by atoms with Crippen LogP contribution in [-0.2, 0) is 76.0 Å². The second-order valence-electron chi connectivity index (χ2n) is 9.73. The van der Waals surface area contributed by atoms with Crippen LogP contribution in [0.25, 0.3) is 0 Å². The molecule has 1 amide bonds. The van der Waals surface area contributed by atoms with E-state index in [-0.39, 0.29) is 19.6 Å². The zero-order valence-corrected chi connectivity index (χ0v) is 29.2. The molecule has 19 nitrogen and oxygen atoms in total. The number of carboxylic acid groups (broad SMARTS) is 2. The summed E-state index contributed by atoms with van der Waals surface area (Å²) in [6.07, 6.45) is -0.0107. The first-order chi connectivity index (χ1) is 24.5. The molecule has 0 unspecified atom stereocenters. The lowest BCUT2D eigenvalue weighted by Crippen LogP contribution is -2.31. The first-order valence-electron chi connectivity index (χ1n) is 16.7. The Morgan fingerprint density at radius 1 is 0.320 bits per heavy atom. The zero-order chi connectivity index (χ0) is 36.4. The number of hydrogen-bond donors (Lipinski definition) is 3. The monoisotopic (exact) mass is 733 g/mol. The van der Waals surface area contributed by atoms with E-state index in [1.165, 1.54) is 0 Å². The van der Waals surface area contributed by atoms with Crippen molar-refractivity contribution in [2.75, 3.05) is 178 Å². The molecule has 0 aliphatic heterocycles. The van der Waals surface area contributed by atoms with Crippen molar-refractivity contribution >= 4 is 17.8 Å². The number of ether oxygens (including phenoxy) is 13. The minimum atomic E-state index is -1.13. The second-order valence-corrected chi connectivity index (χ2v) is 9.73. The largest absolute Gasteiger partial charge is 0.481 e. The van der Waals surface area contributed by atoms with Gasteiger partial charge >= 0.3 is 11.9 Å². The van der Waals surface area contributed by atoms with E-state index in [9.17, 15) is 14.4 Å². The first-order valence-corrected chi connectivity index (χ1v) is 16.7. The van der Waals surface area contributed by atoms with Gasteiger partial charge in [0.2, 0.25) is 5.91 Å². The van der Waals surface area contributed by atoms with Crippen LogP contribution >= 0.6 is 0 Å². The van der Waals surface area contributed by atoms with Gasteiger partial charge in [-0.3, -0.25) is 9.59 Å². The molecular formula is C31H59NO18. The molecule has 50 heavy (non-hydrogen) atoms. The van der Waals surface area contributed by atoms with Gasteiger partial charge in [0.15, 0.2) is 0 Å². The number of hydrogen-bond acceptors (Lipinski definition) is 16. The van der Waals surface area contributed by atoms with E-state index in [2.05, 4.69) is 10.1 Å². The third-order valence-corrected chi connectivity index (χ3v) is 5.58. The number of carbonyl (C=O) groups excluding carboxylic acids is 1. The predicted molar refractivity (Wildman–Crippen MR) is 174 cm³/mol. The summed E-state index contributed by atoms with van der Waals surface area (Å²) in [4.78, 5) is 32.0. The summed E-state index contributed by atoms with van der Waals surface area (Å²) in [7, 11) is 0. The molecule has 0 aromatic heterocycles. The fourth-order valence-corrected chi connectivity index (χ4v) is 3.23. The molecule has 0 rings (SSSR count). The van der Waals surface area contributed by atoms with Gasteiger partial charge in [0.05, 0.1) is 165 Å². The van der Waals surface area contributed by atoms with Crippen LogP contribution in [0.1, 0.15) is 6.42 Å². The van der Waals surface area contributed by atoms with Crippen LogP contribution in [0.4, 0.5) is 0 Å². The summed E-state index contributed by atoms with van der Waals surface area (Å²) >= 11 is 0. The average Bonchev–Trinajstić information content (AvgIpc) is 3.09. The van der Waals surface area contributed by atoms with Crippen molar-refractivity contribution in [1.29, 1.82) is 0 Å². The highest BCUT2D eigenvalue weighted by Crippen LogP contribution is 1.88. The summed E-state index contributed by atoms with van der Waals surface area (Å²) in [6.45, 7) is 9.73. The Bertz CT molecular complexity index is 750. The maximum absolute atomic E-state index is 11.4. The third-order valence-electron chi connectivity index (χ3n) is 5.58. The minimum absolute atomic E-state index is 0.0107. The van der Waals surface area contributed by atoms with Crippen molar-refractivity contribution in [2.24, 2.45) is 0 Å². The van der Waals surface area contributed by atoms with Gasteiger partial charge in [0, 0.05) is 6.54 Å². The lowest BCUT2D eigenvalue weighted by molar-refractivity contribution is -0.143. The Balaban J connectivity index is 3.09. The zero-order valence-electron chi connectivity index (χ0n) is 29.2. The van der Waals surface area contributed by atoms with Crippen molar-refractivity contribution < 1.29 is 86.2 Å². The maximum atomic E-state index is 11.4. The molecule has 19 heteroatoms. The van der Waals surface area contributed by atoms with Crippen molar-refractivity contribution in [2.45, 2.75) is 6.42 Å². The van der Waals surface area contributed by atoms with Crippen LogP contribution in [-0.4, -0.2) is 206 Å². The topological polar surface area (TPSA) is 224 Å². The molecule has 0 atom stereocenters. The molecule has 0 spiro atoms. The molecule has 0 aromatic rings. The molecule has 0 radical (unpaired) electrons. The highest BCUT2D eigenvalue weighted by atomic mass is 16.6. The average molecular weight is 734 g/mol. The molecule has 0 fully saturated rings. The lowest BCUT2D eigenvalue weighted by Gasteiger charge is -2.09. The third kappa shape index (κ3) is 43.9. The molecule has 0 heterocycles. The number of carbonyl (C=O) groups is 3. The number of aliphatic carboxylic acids is 2. The van der Waals surface area contributed by atoms with E-state index in [0.29, 0.717) is 159 Å². The van der Waals surface area contributed by atoms with Crippen LogP contribution in [0.2, 0.25) is 0 Å². The molecule has 0 aliphatic carbocycles. The predicted octanol–water partition coefficient (Wildman–Crippen LogP) is -1.12. The molecular weight excluding hydrogens is 674 g/mol. The molecule has 0 aliphatic rings. The van der Waals surface area contributed by atoms with Crippen molar-refractivity contribution in [3.05, 3.63) is 0 Å². The molecule has 0 bridgehead atoms. The van der Waals surface area contributed by atoms with E-state index in [4.69, 9.17) is 67.1 Å². The van der Waals surface area contributed by atoms with Crippen LogP contribution < -0.4 is 5.32 Å². The summed E-state index contributed by atoms with van der Waals surface area (Å²) in [5.41, 5.74) is 0. The van der Waals surface area contributed by atoms with Gasteiger partial charge in [-0.1, -0.05) is 0 Å². The van der Waals surface area contributed by atoms with E-state index < -0.39 is 24.5 Å². The van der Waals surface area contributed by atoms with Gasteiger partial charge in [0.1, 0.15) is 13.2 Å². The standard InChI is InChI=1S/C31H59NO18/c33-29(27-50-28-31(36)37)32-2-4-39-6-8-41-10-12-43-14-16-45-18-20-47-22-24-49-26-25-48-23-21-46-19-17-44-15-13-42-11-9-40-7-5-38-3-1-30(34)35/h1-28H2,(H,32,33)(H,34,35)(H,36,37). The summed E-state index contributed by atoms with van der Waals surface area (Å²) < 4.78 is 69.3.